The molecule has 0 radical (unpaired) electrons. The molecule has 0 heterocycles. The lowest BCUT2D eigenvalue weighted by molar-refractivity contribution is 0.131. The molecule has 78 valence electrons. The molecular weight excluding hydrogens is 172 g/mol. The topological polar surface area (TPSA) is 20.2 Å². The minimum Gasteiger partial charge on any atom is -0.388 e. The molecule has 3 rings (SSSR count). The van der Waals surface area contributed by atoms with Crippen LogP contribution in [0.3, 0.4) is 0 Å². The SMILES string of the molecule is OC(C1=CCCCC1)C1CC2CC2C1. The van der Waals surface area contributed by atoms with Crippen LogP contribution >= 0.6 is 0 Å². The monoisotopic (exact) mass is 192 g/mol. The van der Waals surface area contributed by atoms with E-state index in [1.807, 2.05) is 0 Å². The smallest absolute Gasteiger partial charge is 0.0778 e. The number of allylic oxidation sites excluding steroid dienone is 1. The summed E-state index contributed by atoms with van der Waals surface area (Å²) in [4.78, 5) is 0. The highest BCUT2D eigenvalue weighted by molar-refractivity contribution is 5.14. The fourth-order valence-corrected chi connectivity index (χ4v) is 3.45. The number of hydrogen-bond acceptors (Lipinski definition) is 1. The molecule has 1 nitrogen and oxygen atoms in total. The highest BCUT2D eigenvalue weighted by Crippen LogP contribution is 2.55. The molecule has 14 heavy (non-hydrogen) atoms. The van der Waals surface area contributed by atoms with Gasteiger partial charge in [0.2, 0.25) is 0 Å². The van der Waals surface area contributed by atoms with Crippen LogP contribution in [-0.4, -0.2) is 11.2 Å². The van der Waals surface area contributed by atoms with Crippen LogP contribution in [0.2, 0.25) is 0 Å². The molecule has 0 bridgehead atoms. The van der Waals surface area contributed by atoms with E-state index in [1.54, 1.807) is 0 Å². The van der Waals surface area contributed by atoms with Crippen molar-refractivity contribution >= 4 is 0 Å². The van der Waals surface area contributed by atoms with Crippen LogP contribution < -0.4 is 0 Å². The molecule has 2 saturated carbocycles. The van der Waals surface area contributed by atoms with Crippen molar-refractivity contribution in [2.75, 3.05) is 0 Å². The maximum absolute atomic E-state index is 10.2. The number of hydrogen-bond donors (Lipinski definition) is 1. The van der Waals surface area contributed by atoms with Gasteiger partial charge in [0.25, 0.3) is 0 Å². The summed E-state index contributed by atoms with van der Waals surface area (Å²) in [6.07, 6.45) is 11.3. The van der Waals surface area contributed by atoms with Crippen molar-refractivity contribution in [2.24, 2.45) is 17.8 Å². The Morgan fingerprint density at radius 1 is 1.14 bits per heavy atom. The molecule has 3 aliphatic carbocycles. The average molecular weight is 192 g/mol. The Morgan fingerprint density at radius 3 is 2.57 bits per heavy atom. The molecule has 0 spiro atoms. The van der Waals surface area contributed by atoms with Gasteiger partial charge in [0, 0.05) is 0 Å². The minimum atomic E-state index is -0.0805. The van der Waals surface area contributed by atoms with E-state index in [4.69, 9.17) is 0 Å². The molecule has 3 aliphatic rings. The number of aliphatic hydroxyl groups excluding tert-OH is 1. The summed E-state index contributed by atoms with van der Waals surface area (Å²) in [5, 5.41) is 10.2. The van der Waals surface area contributed by atoms with Crippen LogP contribution in [0, 0.1) is 17.8 Å². The van der Waals surface area contributed by atoms with Crippen LogP contribution in [0.4, 0.5) is 0 Å². The second kappa shape index (κ2) is 3.37. The summed E-state index contributed by atoms with van der Waals surface area (Å²) in [5.41, 5.74) is 1.36. The number of fused-ring (bicyclic) bond motifs is 1. The maximum atomic E-state index is 10.2. The van der Waals surface area contributed by atoms with Crippen molar-refractivity contribution in [1.29, 1.82) is 0 Å². The van der Waals surface area contributed by atoms with Gasteiger partial charge in [-0.1, -0.05) is 6.08 Å². The Labute approximate surface area is 86.2 Å². The van der Waals surface area contributed by atoms with Gasteiger partial charge in [0.1, 0.15) is 0 Å². The second-order valence-corrected chi connectivity index (χ2v) is 5.46. The predicted octanol–water partition coefficient (Wildman–Crippen LogP) is 2.89. The normalized spacial score (nSPS) is 42.9. The summed E-state index contributed by atoms with van der Waals surface area (Å²) < 4.78 is 0. The zero-order chi connectivity index (χ0) is 9.54. The van der Waals surface area contributed by atoms with Crippen molar-refractivity contribution in [3.05, 3.63) is 11.6 Å². The van der Waals surface area contributed by atoms with Crippen LogP contribution in [0.15, 0.2) is 11.6 Å². The third-order valence-electron chi connectivity index (χ3n) is 4.43. The lowest BCUT2D eigenvalue weighted by Gasteiger charge is -2.24. The fraction of sp³-hybridized carbons (Fsp3) is 0.846. The van der Waals surface area contributed by atoms with Gasteiger partial charge in [-0.2, -0.15) is 0 Å². The quantitative estimate of drug-likeness (QED) is 0.667. The Morgan fingerprint density at radius 2 is 1.93 bits per heavy atom. The second-order valence-electron chi connectivity index (χ2n) is 5.46. The fourth-order valence-electron chi connectivity index (χ4n) is 3.45. The Kier molecular flexibility index (Phi) is 2.16. The highest BCUT2D eigenvalue weighted by atomic mass is 16.3. The molecule has 0 aromatic rings. The van der Waals surface area contributed by atoms with Crippen LogP contribution in [0.25, 0.3) is 0 Å². The molecule has 2 fully saturated rings. The molecule has 0 saturated heterocycles. The summed E-state index contributed by atoms with van der Waals surface area (Å²) in [7, 11) is 0. The van der Waals surface area contributed by atoms with E-state index in [1.165, 1.54) is 44.1 Å². The van der Waals surface area contributed by atoms with Crippen LogP contribution in [-0.2, 0) is 0 Å². The lowest BCUT2D eigenvalue weighted by Crippen LogP contribution is -2.22. The molecule has 1 heteroatoms. The van der Waals surface area contributed by atoms with E-state index < -0.39 is 0 Å². The molecule has 0 aromatic carbocycles. The van der Waals surface area contributed by atoms with Gasteiger partial charge in [-0.15, -0.1) is 0 Å². The van der Waals surface area contributed by atoms with Gasteiger partial charge < -0.3 is 5.11 Å². The van der Waals surface area contributed by atoms with Crippen LogP contribution in [0.1, 0.15) is 44.9 Å². The van der Waals surface area contributed by atoms with Crippen molar-refractivity contribution in [2.45, 2.75) is 51.0 Å². The third-order valence-corrected chi connectivity index (χ3v) is 4.43. The first-order chi connectivity index (χ1) is 6.84. The molecule has 0 aliphatic heterocycles. The number of aliphatic hydroxyl groups is 1. The molecule has 3 unspecified atom stereocenters. The first kappa shape index (κ1) is 8.96. The van der Waals surface area contributed by atoms with Gasteiger partial charge in [-0.05, 0) is 68.3 Å². The summed E-state index contributed by atoms with van der Waals surface area (Å²) in [6, 6.07) is 0. The van der Waals surface area contributed by atoms with Gasteiger partial charge in [0.15, 0.2) is 0 Å². The molecule has 1 N–H and O–H groups in total. The summed E-state index contributed by atoms with van der Waals surface area (Å²) >= 11 is 0. The lowest BCUT2D eigenvalue weighted by atomic mass is 9.86. The van der Waals surface area contributed by atoms with Gasteiger partial charge in [-0.25, -0.2) is 0 Å². The van der Waals surface area contributed by atoms with E-state index in [9.17, 15) is 5.11 Å². The summed E-state index contributed by atoms with van der Waals surface area (Å²) in [6.45, 7) is 0. The molecular formula is C13H20O. The van der Waals surface area contributed by atoms with Gasteiger partial charge in [0.05, 0.1) is 6.10 Å². The van der Waals surface area contributed by atoms with E-state index in [-0.39, 0.29) is 6.10 Å². The van der Waals surface area contributed by atoms with E-state index in [2.05, 4.69) is 6.08 Å². The average Bonchev–Trinajstić information content (AvgIpc) is 2.86. The zero-order valence-electron chi connectivity index (χ0n) is 8.78. The van der Waals surface area contributed by atoms with Crippen LogP contribution in [0.5, 0.6) is 0 Å². The Bertz CT molecular complexity index is 246. The molecule has 3 atom stereocenters. The Balaban J connectivity index is 1.63. The number of rotatable bonds is 2. The molecule has 0 aromatic heterocycles. The largest absolute Gasteiger partial charge is 0.388 e. The first-order valence-corrected chi connectivity index (χ1v) is 6.21. The third kappa shape index (κ3) is 1.52. The van der Waals surface area contributed by atoms with Crippen molar-refractivity contribution < 1.29 is 5.11 Å². The van der Waals surface area contributed by atoms with E-state index in [0.717, 1.165) is 18.3 Å². The highest BCUT2D eigenvalue weighted by Gasteiger charge is 2.48. The minimum absolute atomic E-state index is 0.0805. The van der Waals surface area contributed by atoms with E-state index in [0.29, 0.717) is 5.92 Å². The van der Waals surface area contributed by atoms with Crippen molar-refractivity contribution in [3.8, 4) is 0 Å². The first-order valence-electron chi connectivity index (χ1n) is 6.21. The Hall–Kier alpha value is -0.300. The van der Waals surface area contributed by atoms with Gasteiger partial charge >= 0.3 is 0 Å². The predicted molar refractivity (Wildman–Crippen MR) is 56.9 cm³/mol. The maximum Gasteiger partial charge on any atom is 0.0778 e. The van der Waals surface area contributed by atoms with Gasteiger partial charge in [-0.3, -0.25) is 0 Å². The summed E-state index contributed by atoms with van der Waals surface area (Å²) in [5.74, 6) is 2.61. The zero-order valence-corrected chi connectivity index (χ0v) is 8.78. The van der Waals surface area contributed by atoms with Crippen molar-refractivity contribution in [1.82, 2.24) is 0 Å². The molecule has 0 amide bonds. The standard InChI is InChI=1S/C13H20O/c14-13(9-4-2-1-3-5-9)12-7-10-6-11(10)8-12/h4,10-14H,1-3,5-8H2. The van der Waals surface area contributed by atoms with E-state index >= 15 is 0 Å². The van der Waals surface area contributed by atoms with Crippen molar-refractivity contribution in [3.63, 3.8) is 0 Å².